The highest BCUT2D eigenvalue weighted by atomic mass is 16.6. The van der Waals surface area contributed by atoms with Gasteiger partial charge in [-0.2, -0.15) is 0 Å². The van der Waals surface area contributed by atoms with Crippen molar-refractivity contribution in [1.29, 1.82) is 0 Å². The minimum atomic E-state index is -0.397. The van der Waals surface area contributed by atoms with Crippen molar-refractivity contribution in [3.05, 3.63) is 0 Å². The molecule has 1 aliphatic carbocycles. The Morgan fingerprint density at radius 2 is 1.94 bits per heavy atom. The average Bonchev–Trinajstić information content (AvgIpc) is 2.98. The van der Waals surface area contributed by atoms with Crippen molar-refractivity contribution in [3.8, 4) is 0 Å². The van der Waals surface area contributed by atoms with Crippen LogP contribution < -0.4 is 5.32 Å². The quantitative estimate of drug-likeness (QED) is 0.809. The third kappa shape index (κ3) is 6.43. The highest BCUT2D eigenvalue weighted by molar-refractivity contribution is 5.68. The van der Waals surface area contributed by atoms with Gasteiger partial charge in [-0.05, 0) is 46.0 Å². The molecule has 1 amide bonds. The maximum atomic E-state index is 11.4. The molecule has 0 heterocycles. The van der Waals surface area contributed by atoms with E-state index in [9.17, 15) is 4.79 Å². The van der Waals surface area contributed by atoms with Crippen molar-refractivity contribution >= 4 is 12.9 Å². The van der Waals surface area contributed by atoms with Gasteiger partial charge >= 0.3 is 6.09 Å². The smallest absolute Gasteiger partial charge is 0.407 e. The third-order valence-electron chi connectivity index (χ3n) is 2.33. The Balaban J connectivity index is 0.00000106. The first-order valence-corrected chi connectivity index (χ1v) is 5.70. The van der Waals surface area contributed by atoms with E-state index in [0.29, 0.717) is 12.0 Å². The van der Waals surface area contributed by atoms with E-state index in [2.05, 4.69) is 12.2 Å². The zero-order valence-corrected chi connectivity index (χ0v) is 10.7. The van der Waals surface area contributed by atoms with Crippen molar-refractivity contribution in [2.24, 2.45) is 5.92 Å². The first-order valence-electron chi connectivity index (χ1n) is 5.70. The fraction of sp³-hybridized carbons (Fsp3) is 0.833. The molecule has 1 atom stereocenters. The summed E-state index contributed by atoms with van der Waals surface area (Å²) in [5.41, 5.74) is -0.397. The van der Waals surface area contributed by atoms with Crippen molar-refractivity contribution in [1.82, 2.24) is 5.32 Å². The second-order valence-electron chi connectivity index (χ2n) is 5.00. The van der Waals surface area contributed by atoms with Gasteiger partial charge in [-0.3, -0.25) is 0 Å². The molecular weight excluding hydrogens is 206 g/mol. The summed E-state index contributed by atoms with van der Waals surface area (Å²) in [5, 5.41) is 2.92. The zero-order chi connectivity index (χ0) is 12.8. The summed E-state index contributed by atoms with van der Waals surface area (Å²) < 4.78 is 5.20. The number of nitrogens with one attached hydrogen (secondary N) is 1. The van der Waals surface area contributed by atoms with E-state index in [0.717, 1.165) is 6.42 Å². The standard InChI is InChI=1S/C11H21NO2.CH2O/c1-5-9(8-6-7-8)12-10(13)14-11(2,3)4;1-2/h8-9H,5-7H2,1-4H3,(H,12,13);1H2. The van der Waals surface area contributed by atoms with Crippen LogP contribution in [0.2, 0.25) is 0 Å². The van der Waals surface area contributed by atoms with Crippen LogP contribution in [0.25, 0.3) is 0 Å². The van der Waals surface area contributed by atoms with E-state index in [-0.39, 0.29) is 6.09 Å². The van der Waals surface area contributed by atoms with Crippen LogP contribution in [0.15, 0.2) is 0 Å². The topological polar surface area (TPSA) is 55.4 Å². The molecule has 0 bridgehead atoms. The number of amides is 1. The summed E-state index contributed by atoms with van der Waals surface area (Å²) in [5.74, 6) is 0.688. The van der Waals surface area contributed by atoms with Crippen LogP contribution in [0.1, 0.15) is 47.0 Å². The maximum absolute atomic E-state index is 11.4. The summed E-state index contributed by atoms with van der Waals surface area (Å²) in [4.78, 5) is 19.4. The van der Waals surface area contributed by atoms with E-state index in [1.165, 1.54) is 12.8 Å². The second kappa shape index (κ2) is 6.51. The molecule has 0 radical (unpaired) electrons. The number of carbonyl (C=O) groups is 2. The number of rotatable bonds is 3. The lowest BCUT2D eigenvalue weighted by Crippen LogP contribution is -2.39. The van der Waals surface area contributed by atoms with Gasteiger partial charge in [0.1, 0.15) is 12.4 Å². The van der Waals surface area contributed by atoms with Crippen LogP contribution in [-0.4, -0.2) is 24.5 Å². The summed E-state index contributed by atoms with van der Waals surface area (Å²) in [7, 11) is 0. The molecule has 0 aromatic carbocycles. The van der Waals surface area contributed by atoms with Crippen LogP contribution in [0.4, 0.5) is 4.79 Å². The lowest BCUT2D eigenvalue weighted by atomic mass is 10.1. The molecule has 4 nitrogen and oxygen atoms in total. The molecule has 0 aromatic heterocycles. The lowest BCUT2D eigenvalue weighted by Gasteiger charge is -2.22. The Morgan fingerprint density at radius 1 is 1.44 bits per heavy atom. The summed E-state index contributed by atoms with van der Waals surface area (Å²) in [6.07, 6.45) is 3.20. The summed E-state index contributed by atoms with van der Waals surface area (Å²) in [6, 6.07) is 0.310. The monoisotopic (exact) mass is 229 g/mol. The third-order valence-corrected chi connectivity index (χ3v) is 2.33. The zero-order valence-electron chi connectivity index (χ0n) is 10.7. The summed E-state index contributed by atoms with van der Waals surface area (Å²) in [6.45, 7) is 9.74. The summed E-state index contributed by atoms with van der Waals surface area (Å²) >= 11 is 0. The van der Waals surface area contributed by atoms with E-state index in [4.69, 9.17) is 9.53 Å². The normalized spacial score (nSPS) is 16.8. The van der Waals surface area contributed by atoms with Gasteiger partial charge in [-0.1, -0.05) is 6.92 Å². The van der Waals surface area contributed by atoms with Crippen LogP contribution in [0.3, 0.4) is 0 Å². The van der Waals surface area contributed by atoms with Crippen LogP contribution in [0.5, 0.6) is 0 Å². The molecular formula is C12H23NO3. The van der Waals surface area contributed by atoms with E-state index >= 15 is 0 Å². The van der Waals surface area contributed by atoms with Gasteiger partial charge in [0.05, 0.1) is 0 Å². The van der Waals surface area contributed by atoms with Gasteiger partial charge in [0.25, 0.3) is 0 Å². The van der Waals surface area contributed by atoms with Crippen molar-refractivity contribution in [2.45, 2.75) is 58.6 Å². The molecule has 16 heavy (non-hydrogen) atoms. The molecule has 1 saturated carbocycles. The molecule has 1 unspecified atom stereocenters. The molecule has 1 aliphatic rings. The van der Waals surface area contributed by atoms with Crippen LogP contribution in [0, 0.1) is 5.92 Å². The Labute approximate surface area is 97.7 Å². The van der Waals surface area contributed by atoms with Crippen molar-refractivity contribution in [2.75, 3.05) is 0 Å². The first-order chi connectivity index (χ1) is 7.42. The van der Waals surface area contributed by atoms with Gasteiger partial charge in [0.15, 0.2) is 0 Å². The molecule has 4 heteroatoms. The van der Waals surface area contributed by atoms with Crippen molar-refractivity contribution in [3.63, 3.8) is 0 Å². The van der Waals surface area contributed by atoms with Gasteiger partial charge in [-0.15, -0.1) is 0 Å². The minimum Gasteiger partial charge on any atom is -0.444 e. The SMILES string of the molecule is C=O.CCC(NC(=O)OC(C)(C)C)C1CC1. The number of carbonyl (C=O) groups excluding carboxylic acids is 2. The number of alkyl carbamates (subject to hydrolysis) is 1. The fourth-order valence-electron chi connectivity index (χ4n) is 1.51. The molecule has 1 N–H and O–H groups in total. The molecule has 0 aromatic rings. The fourth-order valence-corrected chi connectivity index (χ4v) is 1.51. The predicted octanol–water partition coefficient (Wildman–Crippen LogP) is 2.51. The van der Waals surface area contributed by atoms with Crippen LogP contribution >= 0.6 is 0 Å². The Morgan fingerprint density at radius 3 is 2.25 bits per heavy atom. The highest BCUT2D eigenvalue weighted by Gasteiger charge is 2.31. The second-order valence-corrected chi connectivity index (χ2v) is 5.00. The Hall–Kier alpha value is -1.06. The molecule has 1 rings (SSSR count). The lowest BCUT2D eigenvalue weighted by molar-refractivity contribution is -0.0980. The van der Waals surface area contributed by atoms with Crippen LogP contribution in [-0.2, 0) is 9.53 Å². The molecule has 0 spiro atoms. The van der Waals surface area contributed by atoms with Gasteiger partial charge in [-0.25, -0.2) is 4.79 Å². The number of hydrogen-bond acceptors (Lipinski definition) is 3. The Kier molecular flexibility index (Phi) is 6.08. The minimum absolute atomic E-state index is 0.281. The van der Waals surface area contributed by atoms with Gasteiger partial charge in [0, 0.05) is 6.04 Å². The highest BCUT2D eigenvalue weighted by Crippen LogP contribution is 2.33. The average molecular weight is 229 g/mol. The van der Waals surface area contributed by atoms with E-state index < -0.39 is 5.60 Å². The van der Waals surface area contributed by atoms with Crippen molar-refractivity contribution < 1.29 is 14.3 Å². The van der Waals surface area contributed by atoms with Gasteiger partial charge < -0.3 is 14.8 Å². The molecule has 94 valence electrons. The van der Waals surface area contributed by atoms with E-state index in [1.54, 1.807) is 0 Å². The molecule has 0 aliphatic heterocycles. The Bertz CT molecular complexity index is 219. The number of ether oxygens (including phenoxy) is 1. The maximum Gasteiger partial charge on any atom is 0.407 e. The molecule has 1 fully saturated rings. The number of hydrogen-bond donors (Lipinski definition) is 1. The molecule has 0 saturated heterocycles. The predicted molar refractivity (Wildman–Crippen MR) is 63.3 cm³/mol. The van der Waals surface area contributed by atoms with Gasteiger partial charge in [0.2, 0.25) is 0 Å². The largest absolute Gasteiger partial charge is 0.444 e. The van der Waals surface area contributed by atoms with E-state index in [1.807, 2.05) is 27.6 Å². The first kappa shape index (κ1) is 14.9.